The van der Waals surface area contributed by atoms with Gasteiger partial charge in [0.15, 0.2) is 0 Å². The number of rotatable bonds is 3. The minimum absolute atomic E-state index is 0.0552. The maximum atomic E-state index is 12.5. The molecule has 0 unspecified atom stereocenters. The van der Waals surface area contributed by atoms with Crippen LogP contribution in [0.5, 0.6) is 0 Å². The van der Waals surface area contributed by atoms with Crippen LogP contribution in [0.25, 0.3) is 0 Å². The van der Waals surface area contributed by atoms with Gasteiger partial charge in [0.25, 0.3) is 5.91 Å². The molecule has 8 nitrogen and oxygen atoms in total. The van der Waals surface area contributed by atoms with Crippen molar-refractivity contribution in [3.8, 4) is 0 Å². The lowest BCUT2D eigenvalue weighted by molar-refractivity contribution is -0.185. The van der Waals surface area contributed by atoms with Crippen LogP contribution in [0, 0.1) is 5.92 Å². The number of carbonyl (C=O) groups excluding carboxylic acids is 2. The molecular formula is C17H25N5O3. The summed E-state index contributed by atoms with van der Waals surface area (Å²) in [6, 6.07) is 0.0552. The highest BCUT2D eigenvalue weighted by atomic mass is 16.5. The zero-order valence-electron chi connectivity index (χ0n) is 14.8. The lowest BCUT2D eigenvalue weighted by Gasteiger charge is -2.51. The topological polar surface area (TPSA) is 80.6 Å². The molecule has 1 aromatic heterocycles. The lowest BCUT2D eigenvalue weighted by atomic mass is 9.82. The largest absolute Gasteiger partial charge is 0.363 e. The molecule has 25 heavy (non-hydrogen) atoms. The van der Waals surface area contributed by atoms with Crippen molar-refractivity contribution in [2.24, 2.45) is 13.0 Å². The van der Waals surface area contributed by atoms with Crippen LogP contribution >= 0.6 is 0 Å². The second-order valence-electron chi connectivity index (χ2n) is 7.55. The number of hydrogen-bond acceptors (Lipinski definition) is 5. The van der Waals surface area contributed by atoms with Crippen LogP contribution in [0.15, 0.2) is 6.33 Å². The van der Waals surface area contributed by atoms with E-state index in [4.69, 9.17) is 4.74 Å². The van der Waals surface area contributed by atoms with E-state index in [1.165, 1.54) is 23.9 Å². The average molecular weight is 347 g/mol. The highest BCUT2D eigenvalue weighted by molar-refractivity contribution is 5.90. The number of nitrogens with zero attached hydrogens (tertiary/aromatic N) is 5. The average Bonchev–Trinajstić information content (AvgIpc) is 3.34. The van der Waals surface area contributed by atoms with E-state index in [0.29, 0.717) is 19.0 Å². The summed E-state index contributed by atoms with van der Waals surface area (Å²) in [5.41, 5.74) is -0.336. The van der Waals surface area contributed by atoms with Gasteiger partial charge in [-0.15, -0.1) is 5.10 Å². The van der Waals surface area contributed by atoms with E-state index in [1.54, 1.807) is 11.9 Å². The number of morpholine rings is 1. The Morgan fingerprint density at radius 1 is 1.36 bits per heavy atom. The van der Waals surface area contributed by atoms with Crippen molar-refractivity contribution >= 4 is 11.8 Å². The van der Waals surface area contributed by atoms with Crippen LogP contribution in [0.3, 0.4) is 0 Å². The maximum Gasteiger partial charge on any atom is 0.293 e. The number of ether oxygens (including phenoxy) is 1. The molecule has 3 heterocycles. The van der Waals surface area contributed by atoms with Gasteiger partial charge in [0.05, 0.1) is 11.6 Å². The Morgan fingerprint density at radius 2 is 2.08 bits per heavy atom. The first-order valence-corrected chi connectivity index (χ1v) is 9.07. The van der Waals surface area contributed by atoms with Crippen LogP contribution in [-0.4, -0.2) is 74.3 Å². The summed E-state index contributed by atoms with van der Waals surface area (Å²) in [4.78, 5) is 32.6. The molecule has 2 amide bonds. The third kappa shape index (κ3) is 3.03. The summed E-state index contributed by atoms with van der Waals surface area (Å²) in [6.07, 6.45) is 5.46. The number of carbonyl (C=O) groups is 2. The SMILES string of the molecule is C[C@H]1N(CC2CC2)C(=O)COC12CCN(C(=O)c1ncn(C)n1)CC2. The number of hydrogen-bond donors (Lipinski definition) is 0. The highest BCUT2D eigenvalue weighted by Crippen LogP contribution is 2.38. The number of likely N-dealkylation sites (tertiary alicyclic amines) is 1. The van der Waals surface area contributed by atoms with Crippen molar-refractivity contribution in [2.45, 2.75) is 44.2 Å². The molecule has 136 valence electrons. The minimum atomic E-state index is -0.336. The second-order valence-corrected chi connectivity index (χ2v) is 7.55. The second kappa shape index (κ2) is 6.09. The summed E-state index contributed by atoms with van der Waals surface area (Å²) in [7, 11) is 1.75. The normalized spacial score (nSPS) is 26.3. The molecule has 8 heteroatoms. The third-order valence-corrected chi connectivity index (χ3v) is 5.87. The highest BCUT2D eigenvalue weighted by Gasteiger charge is 2.49. The van der Waals surface area contributed by atoms with Crippen molar-refractivity contribution in [1.82, 2.24) is 24.6 Å². The van der Waals surface area contributed by atoms with Gasteiger partial charge < -0.3 is 14.5 Å². The molecule has 3 aliphatic rings. The van der Waals surface area contributed by atoms with E-state index in [2.05, 4.69) is 17.0 Å². The van der Waals surface area contributed by atoms with Gasteiger partial charge in [-0.05, 0) is 38.5 Å². The first-order valence-electron chi connectivity index (χ1n) is 9.07. The molecule has 2 aliphatic heterocycles. The van der Waals surface area contributed by atoms with Crippen LogP contribution in [0.4, 0.5) is 0 Å². The molecule has 4 rings (SSSR count). The molecule has 0 aromatic carbocycles. The monoisotopic (exact) mass is 347 g/mol. The third-order valence-electron chi connectivity index (χ3n) is 5.87. The fourth-order valence-electron chi connectivity index (χ4n) is 3.98. The van der Waals surface area contributed by atoms with E-state index in [1.807, 2.05) is 4.90 Å². The molecular weight excluding hydrogens is 322 g/mol. The predicted molar refractivity (Wildman–Crippen MR) is 88.7 cm³/mol. The van der Waals surface area contributed by atoms with Gasteiger partial charge in [0.1, 0.15) is 12.9 Å². The molecule has 3 fully saturated rings. The van der Waals surface area contributed by atoms with Gasteiger partial charge in [-0.25, -0.2) is 4.98 Å². The number of aromatic nitrogens is 3. The van der Waals surface area contributed by atoms with Crippen LogP contribution in [-0.2, 0) is 16.6 Å². The Bertz CT molecular complexity index is 676. The van der Waals surface area contributed by atoms with Gasteiger partial charge in [-0.1, -0.05) is 0 Å². The quantitative estimate of drug-likeness (QED) is 0.793. The van der Waals surface area contributed by atoms with E-state index < -0.39 is 0 Å². The molecule has 1 atom stereocenters. The number of amides is 2. The van der Waals surface area contributed by atoms with E-state index in [9.17, 15) is 9.59 Å². The smallest absolute Gasteiger partial charge is 0.293 e. The lowest BCUT2D eigenvalue weighted by Crippen LogP contribution is -2.64. The predicted octanol–water partition coefficient (Wildman–Crippen LogP) is 0.447. The first kappa shape index (κ1) is 16.5. The molecule has 1 saturated carbocycles. The van der Waals surface area contributed by atoms with E-state index in [0.717, 1.165) is 19.4 Å². The van der Waals surface area contributed by atoms with Gasteiger partial charge in [0, 0.05) is 26.7 Å². The van der Waals surface area contributed by atoms with Crippen molar-refractivity contribution < 1.29 is 14.3 Å². The molecule has 1 aromatic rings. The fraction of sp³-hybridized carbons (Fsp3) is 0.765. The van der Waals surface area contributed by atoms with Crippen LogP contribution in [0.1, 0.15) is 43.2 Å². The summed E-state index contributed by atoms with van der Waals surface area (Å²) >= 11 is 0. The first-order chi connectivity index (χ1) is 12.0. The minimum Gasteiger partial charge on any atom is -0.363 e. The summed E-state index contributed by atoms with van der Waals surface area (Å²) in [5, 5.41) is 4.10. The van der Waals surface area contributed by atoms with Crippen molar-refractivity contribution in [2.75, 3.05) is 26.2 Å². The number of aryl methyl sites for hydroxylation is 1. The standard InChI is InChI=1S/C17H25N5O3/c1-12-17(25-10-14(23)22(12)9-13-3-4-13)5-7-21(8-6-17)16(24)15-18-11-20(2)19-15/h11-13H,3-10H2,1-2H3/t12-/m1/s1. The van der Waals surface area contributed by atoms with Crippen molar-refractivity contribution in [3.63, 3.8) is 0 Å². The molecule has 1 aliphatic carbocycles. The molecule has 0 N–H and O–H groups in total. The van der Waals surface area contributed by atoms with Crippen molar-refractivity contribution in [3.05, 3.63) is 12.2 Å². The molecule has 1 spiro atoms. The summed E-state index contributed by atoms with van der Waals surface area (Å²) < 4.78 is 7.57. The zero-order valence-corrected chi connectivity index (χ0v) is 14.8. The van der Waals surface area contributed by atoms with Gasteiger partial charge in [0.2, 0.25) is 11.7 Å². The van der Waals surface area contributed by atoms with E-state index in [-0.39, 0.29) is 35.9 Å². The Hall–Kier alpha value is -1.96. The Kier molecular flexibility index (Phi) is 4.02. The van der Waals surface area contributed by atoms with Gasteiger partial charge >= 0.3 is 0 Å². The van der Waals surface area contributed by atoms with Crippen molar-refractivity contribution in [1.29, 1.82) is 0 Å². The molecule has 2 saturated heterocycles. The Balaban J connectivity index is 1.42. The van der Waals surface area contributed by atoms with Crippen LogP contribution < -0.4 is 0 Å². The van der Waals surface area contributed by atoms with Crippen LogP contribution in [0.2, 0.25) is 0 Å². The zero-order chi connectivity index (χ0) is 17.6. The Labute approximate surface area is 147 Å². The fourth-order valence-corrected chi connectivity index (χ4v) is 3.98. The summed E-state index contributed by atoms with van der Waals surface area (Å²) in [6.45, 7) is 4.31. The number of piperidine rings is 1. The summed E-state index contributed by atoms with van der Waals surface area (Å²) in [5.74, 6) is 0.867. The molecule has 0 bridgehead atoms. The van der Waals surface area contributed by atoms with E-state index >= 15 is 0 Å². The Morgan fingerprint density at radius 3 is 2.68 bits per heavy atom. The maximum absolute atomic E-state index is 12.5. The molecule has 0 radical (unpaired) electrons. The van der Waals surface area contributed by atoms with Gasteiger partial charge in [-0.2, -0.15) is 0 Å². The van der Waals surface area contributed by atoms with Gasteiger partial charge in [-0.3, -0.25) is 14.3 Å².